The van der Waals surface area contributed by atoms with Crippen molar-refractivity contribution in [1.82, 2.24) is 4.90 Å². The summed E-state index contributed by atoms with van der Waals surface area (Å²) in [7, 11) is 0. The molecule has 0 bridgehead atoms. The summed E-state index contributed by atoms with van der Waals surface area (Å²) in [5.41, 5.74) is 1.25. The van der Waals surface area contributed by atoms with Gasteiger partial charge < -0.3 is 19.5 Å². The molecule has 0 saturated carbocycles. The van der Waals surface area contributed by atoms with Crippen molar-refractivity contribution in [2.45, 2.75) is 26.4 Å². The number of hydrogen-bond donors (Lipinski definition) is 1. The van der Waals surface area contributed by atoms with Crippen molar-refractivity contribution in [3.63, 3.8) is 0 Å². The molecule has 172 valence electrons. The van der Waals surface area contributed by atoms with Gasteiger partial charge in [0, 0.05) is 11.8 Å². The van der Waals surface area contributed by atoms with E-state index in [9.17, 15) is 14.4 Å². The number of ether oxygens (including phenoxy) is 3. The van der Waals surface area contributed by atoms with Crippen LogP contribution in [0.1, 0.15) is 25.8 Å². The normalized spacial score (nSPS) is 17.3. The van der Waals surface area contributed by atoms with Gasteiger partial charge in [-0.2, -0.15) is 0 Å². The molecule has 2 aromatic rings. The monoisotopic (exact) mass is 468 g/mol. The zero-order chi connectivity index (χ0) is 23.4. The predicted molar refractivity (Wildman–Crippen MR) is 126 cm³/mol. The molecule has 4 rings (SSSR count). The summed E-state index contributed by atoms with van der Waals surface area (Å²) >= 11 is 0.813. The van der Waals surface area contributed by atoms with Crippen molar-refractivity contribution >= 4 is 40.6 Å². The summed E-state index contributed by atoms with van der Waals surface area (Å²) in [6, 6.07) is 12.3. The summed E-state index contributed by atoms with van der Waals surface area (Å²) in [6.07, 6.45) is 2.65. The molecule has 1 saturated heterocycles. The number of nitrogens with zero attached hydrogens (tertiary/aromatic N) is 1. The van der Waals surface area contributed by atoms with E-state index in [2.05, 4.69) is 5.32 Å². The molecule has 0 aliphatic carbocycles. The topological polar surface area (TPSA) is 94.2 Å². The van der Waals surface area contributed by atoms with Gasteiger partial charge in [0.25, 0.3) is 11.1 Å². The van der Waals surface area contributed by atoms with E-state index in [1.54, 1.807) is 24.3 Å². The lowest BCUT2D eigenvalue weighted by atomic mass is 10.2. The number of imide groups is 1. The molecule has 1 N–H and O–H groups in total. The van der Waals surface area contributed by atoms with Crippen LogP contribution in [-0.4, -0.2) is 47.8 Å². The lowest BCUT2D eigenvalue weighted by Crippen LogP contribution is -2.36. The molecule has 2 heterocycles. The summed E-state index contributed by atoms with van der Waals surface area (Å²) in [4.78, 5) is 38.8. The van der Waals surface area contributed by atoms with Crippen molar-refractivity contribution in [2.24, 2.45) is 0 Å². The largest absolute Gasteiger partial charge is 0.491 e. The Hall–Kier alpha value is -3.46. The third-order valence-corrected chi connectivity index (χ3v) is 6.00. The van der Waals surface area contributed by atoms with Gasteiger partial charge in [-0.05, 0) is 61.0 Å². The molecule has 1 atom stereocenters. The average Bonchev–Trinajstić information content (AvgIpc) is 3.07. The number of anilines is 1. The third-order valence-electron chi connectivity index (χ3n) is 5.09. The Kier molecular flexibility index (Phi) is 6.88. The Morgan fingerprint density at radius 1 is 1.15 bits per heavy atom. The minimum Gasteiger partial charge on any atom is -0.491 e. The standard InChI is InChI=1S/C24H24N2O6S/c1-3-15(2)32-18-7-4-16(5-8-18)12-21-23(28)26(24(29)33-21)14-22(27)25-17-6-9-19-20(13-17)31-11-10-30-19/h4-9,12-13,15H,3,10-11,14H2,1-2H3,(H,25,27)/b21-12-/t15-/m1/s1. The van der Waals surface area contributed by atoms with E-state index >= 15 is 0 Å². The predicted octanol–water partition coefficient (Wildman–Crippen LogP) is 4.31. The Morgan fingerprint density at radius 2 is 1.88 bits per heavy atom. The first-order valence-corrected chi connectivity index (χ1v) is 11.5. The maximum Gasteiger partial charge on any atom is 0.294 e. The van der Waals surface area contributed by atoms with Gasteiger partial charge in [0.2, 0.25) is 5.91 Å². The summed E-state index contributed by atoms with van der Waals surface area (Å²) < 4.78 is 16.7. The maximum atomic E-state index is 12.7. The Bertz CT molecular complexity index is 1100. The zero-order valence-electron chi connectivity index (χ0n) is 18.3. The quantitative estimate of drug-likeness (QED) is 0.605. The average molecular weight is 469 g/mol. The molecule has 3 amide bonds. The number of amides is 3. The second kappa shape index (κ2) is 9.99. The number of benzene rings is 2. The molecule has 0 unspecified atom stereocenters. The molecule has 2 aliphatic rings. The molecule has 0 aromatic heterocycles. The molecule has 8 nitrogen and oxygen atoms in total. The highest BCUT2D eigenvalue weighted by Gasteiger charge is 2.36. The Labute approximate surface area is 195 Å². The molecular weight excluding hydrogens is 444 g/mol. The Morgan fingerprint density at radius 3 is 2.61 bits per heavy atom. The Balaban J connectivity index is 1.38. The van der Waals surface area contributed by atoms with Crippen molar-refractivity contribution in [1.29, 1.82) is 0 Å². The first-order chi connectivity index (χ1) is 15.9. The lowest BCUT2D eigenvalue weighted by molar-refractivity contribution is -0.127. The van der Waals surface area contributed by atoms with Gasteiger partial charge >= 0.3 is 0 Å². The fourth-order valence-corrected chi connectivity index (χ4v) is 4.05. The van der Waals surface area contributed by atoms with E-state index in [-0.39, 0.29) is 17.6 Å². The highest BCUT2D eigenvalue weighted by molar-refractivity contribution is 8.18. The fraction of sp³-hybridized carbons (Fsp3) is 0.292. The van der Waals surface area contributed by atoms with Gasteiger partial charge in [-0.1, -0.05) is 19.1 Å². The minimum atomic E-state index is -0.498. The van der Waals surface area contributed by atoms with Gasteiger partial charge in [0.05, 0.1) is 11.0 Å². The van der Waals surface area contributed by atoms with Crippen LogP contribution >= 0.6 is 11.8 Å². The van der Waals surface area contributed by atoms with E-state index in [4.69, 9.17) is 14.2 Å². The molecule has 1 fully saturated rings. The number of fused-ring (bicyclic) bond motifs is 1. The number of thioether (sulfide) groups is 1. The maximum absolute atomic E-state index is 12.7. The van der Waals surface area contributed by atoms with Crippen molar-refractivity contribution in [3.8, 4) is 17.2 Å². The zero-order valence-corrected chi connectivity index (χ0v) is 19.1. The van der Waals surface area contributed by atoms with Crippen molar-refractivity contribution in [2.75, 3.05) is 25.1 Å². The number of rotatable bonds is 7. The van der Waals surface area contributed by atoms with Crippen LogP contribution in [0.25, 0.3) is 6.08 Å². The van der Waals surface area contributed by atoms with Crippen LogP contribution in [0.3, 0.4) is 0 Å². The third kappa shape index (κ3) is 5.48. The van der Waals surface area contributed by atoms with Crippen LogP contribution in [0.4, 0.5) is 10.5 Å². The van der Waals surface area contributed by atoms with E-state index in [1.165, 1.54) is 0 Å². The van der Waals surface area contributed by atoms with Gasteiger partial charge in [-0.3, -0.25) is 19.3 Å². The molecule has 2 aromatic carbocycles. The van der Waals surface area contributed by atoms with Crippen LogP contribution in [0.5, 0.6) is 17.2 Å². The SMILES string of the molecule is CC[C@@H](C)Oc1ccc(/C=C2\SC(=O)N(CC(=O)Nc3ccc4c(c3)OCCO4)C2=O)cc1. The first-order valence-electron chi connectivity index (χ1n) is 10.6. The van der Waals surface area contributed by atoms with Gasteiger partial charge in [0.1, 0.15) is 25.5 Å². The number of carbonyl (C=O) groups is 3. The molecule has 9 heteroatoms. The summed E-state index contributed by atoms with van der Waals surface area (Å²) in [6.45, 7) is 4.57. The van der Waals surface area contributed by atoms with E-state index < -0.39 is 17.1 Å². The second-order valence-corrected chi connectivity index (χ2v) is 8.57. The van der Waals surface area contributed by atoms with E-state index in [1.807, 2.05) is 38.1 Å². The van der Waals surface area contributed by atoms with Crippen LogP contribution in [0, 0.1) is 0 Å². The molecule has 33 heavy (non-hydrogen) atoms. The van der Waals surface area contributed by atoms with Gasteiger partial charge in [0.15, 0.2) is 11.5 Å². The van der Waals surface area contributed by atoms with Crippen molar-refractivity contribution in [3.05, 3.63) is 52.9 Å². The van der Waals surface area contributed by atoms with E-state index in [0.717, 1.165) is 34.4 Å². The van der Waals surface area contributed by atoms with Gasteiger partial charge in [-0.25, -0.2) is 0 Å². The molecule has 2 aliphatic heterocycles. The van der Waals surface area contributed by atoms with Crippen LogP contribution < -0.4 is 19.5 Å². The number of hydrogen-bond acceptors (Lipinski definition) is 7. The fourth-order valence-electron chi connectivity index (χ4n) is 3.21. The van der Waals surface area contributed by atoms with Crippen LogP contribution in [0.15, 0.2) is 47.4 Å². The van der Waals surface area contributed by atoms with Crippen LogP contribution in [-0.2, 0) is 9.59 Å². The van der Waals surface area contributed by atoms with Crippen LogP contribution in [0.2, 0.25) is 0 Å². The first kappa shape index (κ1) is 22.7. The second-order valence-electron chi connectivity index (χ2n) is 7.58. The molecule has 0 radical (unpaired) electrons. The molecule has 0 spiro atoms. The summed E-state index contributed by atoms with van der Waals surface area (Å²) in [5.74, 6) is 0.901. The van der Waals surface area contributed by atoms with E-state index in [0.29, 0.717) is 30.4 Å². The minimum absolute atomic E-state index is 0.112. The highest BCUT2D eigenvalue weighted by atomic mass is 32.2. The smallest absolute Gasteiger partial charge is 0.294 e. The number of nitrogens with one attached hydrogen (secondary N) is 1. The summed E-state index contributed by atoms with van der Waals surface area (Å²) in [5, 5.41) is 2.20. The van der Waals surface area contributed by atoms with Crippen molar-refractivity contribution < 1.29 is 28.6 Å². The lowest BCUT2D eigenvalue weighted by Gasteiger charge is -2.19. The molecular formula is C24H24N2O6S. The highest BCUT2D eigenvalue weighted by Crippen LogP contribution is 2.34. The number of carbonyl (C=O) groups excluding carboxylic acids is 3. The van der Waals surface area contributed by atoms with Gasteiger partial charge in [-0.15, -0.1) is 0 Å².